The molecule has 0 aliphatic carbocycles. The van der Waals surface area contributed by atoms with Crippen molar-refractivity contribution in [2.75, 3.05) is 13.1 Å². The quantitative estimate of drug-likeness (QED) is 0.785. The number of likely N-dealkylation sites (tertiary alicyclic amines) is 1. The molecule has 2 atom stereocenters. The number of hydrogen-bond donors (Lipinski definition) is 1. The number of benzene rings is 1. The maximum absolute atomic E-state index is 12.5. The fraction of sp³-hybridized carbons (Fsp3) is 0.450. The number of nitrogens with zero attached hydrogens (tertiary/aromatic N) is 4. The van der Waals surface area contributed by atoms with E-state index in [2.05, 4.69) is 60.0 Å². The number of H-pyrrole nitrogens is 1. The molecule has 3 heterocycles. The average Bonchev–Trinajstić information content (AvgIpc) is 3.19. The van der Waals surface area contributed by atoms with Gasteiger partial charge in [0, 0.05) is 31.6 Å². The summed E-state index contributed by atoms with van der Waals surface area (Å²) >= 11 is 0. The lowest BCUT2D eigenvalue weighted by Crippen LogP contribution is -2.21. The van der Waals surface area contributed by atoms with E-state index in [9.17, 15) is 4.79 Å². The summed E-state index contributed by atoms with van der Waals surface area (Å²) in [7, 11) is 0. The molecule has 6 nitrogen and oxygen atoms in total. The lowest BCUT2D eigenvalue weighted by molar-refractivity contribution is 0.318. The largest absolute Gasteiger partial charge is 0.310 e. The molecule has 1 aliphatic rings. The van der Waals surface area contributed by atoms with Crippen molar-refractivity contribution < 1.29 is 0 Å². The summed E-state index contributed by atoms with van der Waals surface area (Å²) < 4.78 is 1.83. The van der Waals surface area contributed by atoms with Gasteiger partial charge in [-0.1, -0.05) is 37.3 Å². The van der Waals surface area contributed by atoms with Crippen molar-refractivity contribution in [3.05, 3.63) is 58.3 Å². The standard InChI is InChI=1S/C20H25N5O/c1-13(2)25-19-16(9-21-25)20(26)23-18(22-19)17-12-24(10-14(17)3)11-15-7-5-4-6-8-15/h4-9,13-14,17H,10-12H2,1-3H3,(H,22,23,26). The van der Waals surface area contributed by atoms with E-state index in [1.54, 1.807) is 6.20 Å². The second-order valence-electron chi connectivity index (χ2n) is 7.63. The second kappa shape index (κ2) is 6.68. The molecule has 1 aromatic carbocycles. The highest BCUT2D eigenvalue weighted by molar-refractivity contribution is 5.73. The first-order chi connectivity index (χ1) is 12.5. The third-order valence-corrected chi connectivity index (χ3v) is 5.26. The van der Waals surface area contributed by atoms with Crippen molar-refractivity contribution in [2.24, 2.45) is 5.92 Å². The molecular formula is C20H25N5O. The third-order valence-electron chi connectivity index (χ3n) is 5.26. The summed E-state index contributed by atoms with van der Waals surface area (Å²) in [5.41, 5.74) is 1.91. The van der Waals surface area contributed by atoms with Crippen LogP contribution in [0.25, 0.3) is 11.0 Å². The van der Waals surface area contributed by atoms with Crippen LogP contribution in [0.5, 0.6) is 0 Å². The van der Waals surface area contributed by atoms with E-state index in [4.69, 9.17) is 4.98 Å². The average molecular weight is 351 g/mol. The van der Waals surface area contributed by atoms with E-state index in [1.807, 2.05) is 10.7 Å². The second-order valence-corrected chi connectivity index (χ2v) is 7.63. The zero-order valence-electron chi connectivity index (χ0n) is 15.5. The molecule has 0 bridgehead atoms. The highest BCUT2D eigenvalue weighted by atomic mass is 16.1. The van der Waals surface area contributed by atoms with Gasteiger partial charge in [0.15, 0.2) is 5.65 Å². The van der Waals surface area contributed by atoms with Crippen LogP contribution in [-0.2, 0) is 6.54 Å². The first kappa shape index (κ1) is 17.0. The van der Waals surface area contributed by atoms with Gasteiger partial charge in [-0.2, -0.15) is 5.10 Å². The van der Waals surface area contributed by atoms with Gasteiger partial charge in [-0.25, -0.2) is 9.67 Å². The van der Waals surface area contributed by atoms with E-state index in [0.29, 0.717) is 17.0 Å². The Morgan fingerprint density at radius 1 is 1.23 bits per heavy atom. The summed E-state index contributed by atoms with van der Waals surface area (Å²) in [6.07, 6.45) is 1.62. The molecule has 4 rings (SSSR count). The van der Waals surface area contributed by atoms with Crippen molar-refractivity contribution in [1.82, 2.24) is 24.6 Å². The maximum Gasteiger partial charge on any atom is 0.262 e. The van der Waals surface area contributed by atoms with E-state index < -0.39 is 0 Å². The zero-order chi connectivity index (χ0) is 18.3. The summed E-state index contributed by atoms with van der Waals surface area (Å²) in [5.74, 6) is 1.45. The van der Waals surface area contributed by atoms with E-state index in [1.165, 1.54) is 5.56 Å². The summed E-state index contributed by atoms with van der Waals surface area (Å²) in [6, 6.07) is 10.7. The molecular weight excluding hydrogens is 326 g/mol. The fourth-order valence-electron chi connectivity index (χ4n) is 3.90. The highest BCUT2D eigenvalue weighted by Crippen LogP contribution is 2.31. The Balaban J connectivity index is 1.63. The summed E-state index contributed by atoms with van der Waals surface area (Å²) in [6.45, 7) is 9.17. The number of hydrogen-bond acceptors (Lipinski definition) is 4. The predicted octanol–water partition coefficient (Wildman–Crippen LogP) is 2.94. The molecule has 6 heteroatoms. The van der Waals surface area contributed by atoms with Gasteiger partial charge in [-0.05, 0) is 25.3 Å². The van der Waals surface area contributed by atoms with Gasteiger partial charge in [-0.15, -0.1) is 0 Å². The third kappa shape index (κ3) is 3.05. The van der Waals surface area contributed by atoms with Crippen molar-refractivity contribution >= 4 is 11.0 Å². The molecule has 1 saturated heterocycles. The predicted molar refractivity (Wildman–Crippen MR) is 102 cm³/mol. The number of fused-ring (bicyclic) bond motifs is 1. The Labute approximate surface area is 152 Å². The molecule has 0 amide bonds. The van der Waals surface area contributed by atoms with Crippen LogP contribution in [0, 0.1) is 5.92 Å². The fourth-order valence-corrected chi connectivity index (χ4v) is 3.90. The summed E-state index contributed by atoms with van der Waals surface area (Å²) in [4.78, 5) is 22.8. The Bertz CT molecular complexity index is 959. The number of aromatic nitrogens is 4. The highest BCUT2D eigenvalue weighted by Gasteiger charge is 2.33. The number of aromatic amines is 1. The molecule has 1 N–H and O–H groups in total. The molecule has 3 aromatic rings. The Hall–Kier alpha value is -2.47. The van der Waals surface area contributed by atoms with Crippen molar-refractivity contribution in [3.63, 3.8) is 0 Å². The van der Waals surface area contributed by atoms with E-state index in [0.717, 1.165) is 25.5 Å². The Morgan fingerprint density at radius 3 is 2.73 bits per heavy atom. The number of rotatable bonds is 4. The topological polar surface area (TPSA) is 66.8 Å². The van der Waals surface area contributed by atoms with Crippen LogP contribution in [0.15, 0.2) is 41.3 Å². The van der Waals surface area contributed by atoms with Crippen LogP contribution < -0.4 is 5.56 Å². The van der Waals surface area contributed by atoms with Crippen LogP contribution in [0.2, 0.25) is 0 Å². The SMILES string of the molecule is CC1CN(Cc2ccccc2)CC1c1nc2c(cnn2C(C)C)c(=O)[nH]1. The Kier molecular flexibility index (Phi) is 4.36. The summed E-state index contributed by atoms with van der Waals surface area (Å²) in [5, 5.41) is 4.90. The molecule has 1 aliphatic heterocycles. The van der Waals surface area contributed by atoms with Gasteiger partial charge in [0.25, 0.3) is 5.56 Å². The van der Waals surface area contributed by atoms with Gasteiger partial charge in [0.1, 0.15) is 11.2 Å². The Morgan fingerprint density at radius 2 is 2.00 bits per heavy atom. The zero-order valence-corrected chi connectivity index (χ0v) is 15.5. The van der Waals surface area contributed by atoms with Crippen LogP contribution in [0.3, 0.4) is 0 Å². The van der Waals surface area contributed by atoms with E-state index in [-0.39, 0.29) is 17.5 Å². The molecule has 0 saturated carbocycles. The molecule has 2 aromatic heterocycles. The maximum atomic E-state index is 12.5. The molecule has 0 spiro atoms. The minimum absolute atomic E-state index is 0.0920. The van der Waals surface area contributed by atoms with Crippen molar-refractivity contribution in [1.29, 1.82) is 0 Å². The first-order valence-electron chi connectivity index (χ1n) is 9.26. The van der Waals surface area contributed by atoms with Crippen molar-refractivity contribution in [3.8, 4) is 0 Å². The van der Waals surface area contributed by atoms with Gasteiger partial charge < -0.3 is 4.98 Å². The smallest absolute Gasteiger partial charge is 0.262 e. The van der Waals surface area contributed by atoms with Gasteiger partial charge in [0.05, 0.1) is 6.20 Å². The van der Waals surface area contributed by atoms with Crippen LogP contribution in [-0.4, -0.2) is 37.7 Å². The van der Waals surface area contributed by atoms with Gasteiger partial charge in [-0.3, -0.25) is 9.69 Å². The molecule has 1 fully saturated rings. The first-order valence-corrected chi connectivity index (χ1v) is 9.26. The normalized spacial score (nSPS) is 21.1. The minimum atomic E-state index is -0.0920. The lowest BCUT2D eigenvalue weighted by Gasteiger charge is -2.16. The van der Waals surface area contributed by atoms with Gasteiger partial charge in [0.2, 0.25) is 0 Å². The van der Waals surface area contributed by atoms with Crippen LogP contribution in [0.1, 0.15) is 44.1 Å². The lowest BCUT2D eigenvalue weighted by atomic mass is 9.97. The van der Waals surface area contributed by atoms with Crippen LogP contribution in [0.4, 0.5) is 0 Å². The van der Waals surface area contributed by atoms with Gasteiger partial charge >= 0.3 is 0 Å². The molecule has 136 valence electrons. The molecule has 26 heavy (non-hydrogen) atoms. The monoisotopic (exact) mass is 351 g/mol. The van der Waals surface area contributed by atoms with Crippen LogP contribution >= 0.6 is 0 Å². The van der Waals surface area contributed by atoms with E-state index >= 15 is 0 Å². The number of nitrogens with one attached hydrogen (secondary N) is 1. The molecule has 0 radical (unpaired) electrons. The molecule has 2 unspecified atom stereocenters. The van der Waals surface area contributed by atoms with Crippen molar-refractivity contribution in [2.45, 2.75) is 39.3 Å². The minimum Gasteiger partial charge on any atom is -0.310 e.